The van der Waals surface area contributed by atoms with Gasteiger partial charge in [0, 0.05) is 42.1 Å². The molecule has 1 aliphatic rings. The summed E-state index contributed by atoms with van der Waals surface area (Å²) in [4.78, 5) is 38.7. The molecule has 0 radical (unpaired) electrons. The maximum Gasteiger partial charge on any atom is 0.253 e. The van der Waals surface area contributed by atoms with E-state index in [-0.39, 0.29) is 24.3 Å². The van der Waals surface area contributed by atoms with Gasteiger partial charge in [0.05, 0.1) is 6.54 Å². The third-order valence-electron chi connectivity index (χ3n) is 5.40. The number of anilines is 3. The van der Waals surface area contributed by atoms with E-state index in [0.717, 1.165) is 42.9 Å². The molecule has 3 N–H and O–H groups in total. The Labute approximate surface area is 183 Å². The number of nitrogens with one attached hydrogen (secondary N) is 3. The molecule has 0 unspecified atom stereocenters. The Kier molecular flexibility index (Phi) is 7.65. The molecule has 7 nitrogen and oxygen atoms in total. The van der Waals surface area contributed by atoms with E-state index in [9.17, 15) is 14.4 Å². The Balaban J connectivity index is 1.58. The zero-order valence-corrected chi connectivity index (χ0v) is 18.2. The monoisotopic (exact) mass is 422 g/mol. The van der Waals surface area contributed by atoms with E-state index in [0.29, 0.717) is 17.7 Å². The number of hydrogen-bond acceptors (Lipinski definition) is 4. The first kappa shape index (κ1) is 22.3. The fourth-order valence-electron chi connectivity index (χ4n) is 3.59. The molecular weight excluding hydrogens is 392 g/mol. The highest BCUT2D eigenvalue weighted by Gasteiger charge is 2.18. The predicted molar refractivity (Wildman–Crippen MR) is 123 cm³/mol. The van der Waals surface area contributed by atoms with Gasteiger partial charge in [-0.2, -0.15) is 0 Å². The maximum atomic E-state index is 12.7. The van der Waals surface area contributed by atoms with Crippen molar-refractivity contribution in [3.63, 3.8) is 0 Å². The molecular formula is C24H30N4O3. The molecule has 2 aromatic carbocycles. The van der Waals surface area contributed by atoms with E-state index in [1.807, 2.05) is 30.0 Å². The molecule has 0 bridgehead atoms. The Bertz CT molecular complexity index is 952. The van der Waals surface area contributed by atoms with Gasteiger partial charge in [-0.3, -0.25) is 14.4 Å². The van der Waals surface area contributed by atoms with Crippen molar-refractivity contribution in [1.29, 1.82) is 0 Å². The van der Waals surface area contributed by atoms with Gasteiger partial charge in [0.25, 0.3) is 5.91 Å². The second-order valence-corrected chi connectivity index (χ2v) is 7.72. The highest BCUT2D eigenvalue weighted by molar-refractivity contribution is 5.98. The van der Waals surface area contributed by atoms with Crippen molar-refractivity contribution in [2.45, 2.75) is 39.5 Å². The molecule has 0 atom stereocenters. The molecule has 1 aliphatic heterocycles. The molecule has 0 saturated carbocycles. The van der Waals surface area contributed by atoms with E-state index in [1.165, 1.54) is 6.42 Å². The van der Waals surface area contributed by atoms with Crippen molar-refractivity contribution in [3.8, 4) is 0 Å². The molecule has 1 heterocycles. The Morgan fingerprint density at radius 3 is 2.35 bits per heavy atom. The summed E-state index contributed by atoms with van der Waals surface area (Å²) in [7, 11) is 0. The quantitative estimate of drug-likeness (QED) is 0.629. The zero-order valence-electron chi connectivity index (χ0n) is 18.2. The van der Waals surface area contributed by atoms with Gasteiger partial charge >= 0.3 is 0 Å². The third kappa shape index (κ3) is 6.07. The van der Waals surface area contributed by atoms with Crippen LogP contribution in [0.2, 0.25) is 0 Å². The number of benzene rings is 2. The molecule has 0 aromatic heterocycles. The van der Waals surface area contributed by atoms with Crippen LogP contribution in [0.3, 0.4) is 0 Å². The number of rotatable bonds is 7. The maximum absolute atomic E-state index is 12.7. The van der Waals surface area contributed by atoms with Gasteiger partial charge in [0.2, 0.25) is 11.8 Å². The SMILES string of the molecule is CCC(=O)Nc1cccc(NCC(=O)Nc2cccc(C(=O)N3CCCCC3)c2)c1C. The first-order valence-corrected chi connectivity index (χ1v) is 10.8. The smallest absolute Gasteiger partial charge is 0.253 e. The molecule has 2 aromatic rings. The summed E-state index contributed by atoms with van der Waals surface area (Å²) < 4.78 is 0. The van der Waals surface area contributed by atoms with Crippen LogP contribution < -0.4 is 16.0 Å². The van der Waals surface area contributed by atoms with Crippen molar-refractivity contribution in [3.05, 3.63) is 53.6 Å². The number of nitrogens with zero attached hydrogens (tertiary/aromatic N) is 1. The molecule has 31 heavy (non-hydrogen) atoms. The fraction of sp³-hybridized carbons (Fsp3) is 0.375. The van der Waals surface area contributed by atoms with Crippen molar-refractivity contribution in [2.24, 2.45) is 0 Å². The van der Waals surface area contributed by atoms with Gasteiger partial charge in [0.1, 0.15) is 0 Å². The minimum absolute atomic E-state index is 0.00971. The van der Waals surface area contributed by atoms with E-state index in [4.69, 9.17) is 0 Å². The van der Waals surface area contributed by atoms with E-state index in [1.54, 1.807) is 31.2 Å². The Morgan fingerprint density at radius 1 is 0.903 bits per heavy atom. The number of amides is 3. The predicted octanol–water partition coefficient (Wildman–Crippen LogP) is 4.02. The Morgan fingerprint density at radius 2 is 1.61 bits per heavy atom. The van der Waals surface area contributed by atoms with E-state index < -0.39 is 0 Å². The second-order valence-electron chi connectivity index (χ2n) is 7.72. The van der Waals surface area contributed by atoms with Crippen molar-refractivity contribution in [2.75, 3.05) is 35.6 Å². The topological polar surface area (TPSA) is 90.5 Å². The lowest BCUT2D eigenvalue weighted by molar-refractivity contribution is -0.116. The van der Waals surface area contributed by atoms with Crippen LogP contribution in [0.5, 0.6) is 0 Å². The van der Waals surface area contributed by atoms with Crippen LogP contribution in [0.15, 0.2) is 42.5 Å². The highest BCUT2D eigenvalue weighted by atomic mass is 16.2. The van der Waals surface area contributed by atoms with Crippen LogP contribution in [0, 0.1) is 6.92 Å². The first-order valence-electron chi connectivity index (χ1n) is 10.8. The summed E-state index contributed by atoms with van der Waals surface area (Å²) >= 11 is 0. The lowest BCUT2D eigenvalue weighted by atomic mass is 10.1. The summed E-state index contributed by atoms with van der Waals surface area (Å²) in [6, 6.07) is 12.6. The van der Waals surface area contributed by atoms with Gasteiger partial charge in [-0.05, 0) is 62.1 Å². The Hall–Kier alpha value is -3.35. The van der Waals surface area contributed by atoms with Crippen LogP contribution in [0.1, 0.15) is 48.5 Å². The molecule has 3 rings (SSSR count). The summed E-state index contributed by atoms with van der Waals surface area (Å²) in [6.45, 7) is 5.33. The highest BCUT2D eigenvalue weighted by Crippen LogP contribution is 2.23. The molecule has 1 saturated heterocycles. The molecule has 1 fully saturated rings. The number of hydrogen-bond donors (Lipinski definition) is 3. The number of piperidine rings is 1. The fourth-order valence-corrected chi connectivity index (χ4v) is 3.59. The van der Waals surface area contributed by atoms with E-state index >= 15 is 0 Å². The van der Waals surface area contributed by atoms with Gasteiger partial charge in [-0.1, -0.05) is 19.1 Å². The van der Waals surface area contributed by atoms with Gasteiger partial charge in [-0.15, -0.1) is 0 Å². The van der Waals surface area contributed by atoms with E-state index in [2.05, 4.69) is 16.0 Å². The minimum atomic E-state index is -0.218. The lowest BCUT2D eigenvalue weighted by Crippen LogP contribution is -2.35. The number of carbonyl (C=O) groups excluding carboxylic acids is 3. The van der Waals surface area contributed by atoms with Crippen LogP contribution in [-0.2, 0) is 9.59 Å². The average Bonchev–Trinajstić information content (AvgIpc) is 2.79. The zero-order chi connectivity index (χ0) is 22.2. The molecule has 3 amide bonds. The third-order valence-corrected chi connectivity index (χ3v) is 5.40. The van der Waals surface area contributed by atoms with Gasteiger partial charge < -0.3 is 20.9 Å². The van der Waals surface area contributed by atoms with Crippen molar-refractivity contribution < 1.29 is 14.4 Å². The normalized spacial score (nSPS) is 13.4. The second kappa shape index (κ2) is 10.6. The number of carbonyl (C=O) groups is 3. The molecule has 0 spiro atoms. The van der Waals surface area contributed by atoms with Crippen LogP contribution in [0.4, 0.5) is 17.1 Å². The largest absolute Gasteiger partial charge is 0.376 e. The summed E-state index contributed by atoms with van der Waals surface area (Å²) in [5.41, 5.74) is 3.55. The van der Waals surface area contributed by atoms with Crippen LogP contribution in [0.25, 0.3) is 0 Å². The number of likely N-dealkylation sites (tertiary alicyclic amines) is 1. The minimum Gasteiger partial charge on any atom is -0.376 e. The van der Waals surface area contributed by atoms with Gasteiger partial charge in [-0.25, -0.2) is 0 Å². The van der Waals surface area contributed by atoms with Gasteiger partial charge in [0.15, 0.2) is 0 Å². The molecule has 0 aliphatic carbocycles. The standard InChI is InChI=1S/C24H30N4O3/c1-3-22(29)27-21-12-8-11-20(17(21)2)25-16-23(30)26-19-10-7-9-18(15-19)24(31)28-13-5-4-6-14-28/h7-12,15,25H,3-6,13-14,16H2,1-2H3,(H,26,30)(H,27,29). The summed E-state index contributed by atoms with van der Waals surface area (Å²) in [5.74, 6) is -0.266. The summed E-state index contributed by atoms with van der Waals surface area (Å²) in [5, 5.41) is 8.82. The molecule has 164 valence electrons. The van der Waals surface area contributed by atoms with Crippen LogP contribution in [-0.4, -0.2) is 42.3 Å². The lowest BCUT2D eigenvalue weighted by Gasteiger charge is -2.26. The molecule has 7 heteroatoms. The van der Waals surface area contributed by atoms with Crippen molar-refractivity contribution in [1.82, 2.24) is 4.90 Å². The van der Waals surface area contributed by atoms with Crippen molar-refractivity contribution >= 4 is 34.8 Å². The first-order chi connectivity index (χ1) is 15.0. The summed E-state index contributed by atoms with van der Waals surface area (Å²) in [6.07, 6.45) is 3.65. The van der Waals surface area contributed by atoms with Crippen LogP contribution >= 0.6 is 0 Å². The average molecular weight is 423 g/mol.